The summed E-state index contributed by atoms with van der Waals surface area (Å²) in [7, 11) is 1.94. The Morgan fingerprint density at radius 3 is 1.82 bits per heavy atom. The van der Waals surface area contributed by atoms with E-state index >= 15 is 0 Å². The molecule has 2 heteroatoms. The van der Waals surface area contributed by atoms with Gasteiger partial charge in [-0.25, -0.2) is 4.79 Å². The van der Waals surface area contributed by atoms with Crippen LogP contribution in [-0.4, -0.2) is 30.5 Å². The van der Waals surface area contributed by atoms with Crippen LogP contribution in [0.1, 0.15) is 20.8 Å². The zero-order valence-electron chi connectivity index (χ0n) is 7.98. The van der Waals surface area contributed by atoms with Crippen LogP contribution in [0.5, 0.6) is 0 Å². The number of nitrogens with zero attached hydrogens (tertiary/aromatic N) is 1. The standard InChI is InChI=1S/C9H18NO/c1-6-10(5,7-2)9(11)8(3)4/h3,6-7H2,1-2,4-5H3/q+1. The zero-order chi connectivity index (χ0) is 9.07. The quantitative estimate of drug-likeness (QED) is 0.448. The third-order valence-corrected chi connectivity index (χ3v) is 2.25. The van der Waals surface area contributed by atoms with Crippen LogP contribution in [0.2, 0.25) is 0 Å². The summed E-state index contributed by atoms with van der Waals surface area (Å²) in [5, 5.41) is 0. The van der Waals surface area contributed by atoms with Crippen LogP contribution in [0.15, 0.2) is 12.2 Å². The van der Waals surface area contributed by atoms with Gasteiger partial charge in [0.2, 0.25) is 0 Å². The molecule has 0 fully saturated rings. The summed E-state index contributed by atoms with van der Waals surface area (Å²) in [5.74, 6) is 0.148. The Bertz CT molecular complexity index is 168. The Hall–Kier alpha value is -0.630. The fourth-order valence-electron chi connectivity index (χ4n) is 0.972. The van der Waals surface area contributed by atoms with Crippen molar-refractivity contribution in [1.82, 2.24) is 0 Å². The minimum Gasteiger partial charge on any atom is -0.259 e. The second kappa shape index (κ2) is 3.67. The van der Waals surface area contributed by atoms with Crippen LogP contribution in [0.4, 0.5) is 0 Å². The van der Waals surface area contributed by atoms with Crippen molar-refractivity contribution in [3.63, 3.8) is 0 Å². The van der Waals surface area contributed by atoms with E-state index in [9.17, 15) is 4.79 Å². The Balaban J connectivity index is 4.50. The Labute approximate surface area is 69.1 Å². The molecule has 0 spiro atoms. The minimum absolute atomic E-state index is 0.148. The van der Waals surface area contributed by atoms with Gasteiger partial charge in [-0.15, -0.1) is 0 Å². The third-order valence-electron chi connectivity index (χ3n) is 2.25. The lowest BCUT2D eigenvalue weighted by atomic mass is 10.2. The molecule has 0 rings (SSSR count). The highest BCUT2D eigenvalue weighted by atomic mass is 16.2. The Morgan fingerprint density at radius 1 is 1.36 bits per heavy atom. The molecule has 0 aromatic rings. The van der Waals surface area contributed by atoms with Gasteiger partial charge in [0.05, 0.1) is 20.1 Å². The largest absolute Gasteiger partial charge is 0.340 e. The second-order valence-corrected chi connectivity index (χ2v) is 3.11. The van der Waals surface area contributed by atoms with E-state index in [1.54, 1.807) is 6.92 Å². The molecule has 0 radical (unpaired) electrons. The summed E-state index contributed by atoms with van der Waals surface area (Å²) < 4.78 is 0.468. The Morgan fingerprint density at radius 2 is 1.73 bits per heavy atom. The molecule has 0 aromatic carbocycles. The molecule has 11 heavy (non-hydrogen) atoms. The van der Waals surface area contributed by atoms with Crippen LogP contribution in [-0.2, 0) is 4.79 Å². The topological polar surface area (TPSA) is 17.1 Å². The molecule has 0 aliphatic rings. The summed E-state index contributed by atoms with van der Waals surface area (Å²) in [4.78, 5) is 11.5. The van der Waals surface area contributed by atoms with Gasteiger partial charge in [-0.05, 0) is 20.8 Å². The summed E-state index contributed by atoms with van der Waals surface area (Å²) in [6.07, 6.45) is 0. The summed E-state index contributed by atoms with van der Waals surface area (Å²) >= 11 is 0. The predicted molar refractivity (Wildman–Crippen MR) is 47.1 cm³/mol. The first-order valence-corrected chi connectivity index (χ1v) is 4.03. The van der Waals surface area contributed by atoms with Crippen molar-refractivity contribution in [2.45, 2.75) is 20.8 Å². The second-order valence-electron chi connectivity index (χ2n) is 3.11. The van der Waals surface area contributed by atoms with E-state index in [-0.39, 0.29) is 5.91 Å². The van der Waals surface area contributed by atoms with Gasteiger partial charge in [-0.1, -0.05) is 6.58 Å². The van der Waals surface area contributed by atoms with E-state index in [2.05, 4.69) is 6.58 Å². The summed E-state index contributed by atoms with van der Waals surface area (Å²) in [6.45, 7) is 11.1. The van der Waals surface area contributed by atoms with Crippen molar-refractivity contribution in [2.24, 2.45) is 0 Å². The van der Waals surface area contributed by atoms with E-state index in [1.807, 2.05) is 20.9 Å². The molecule has 0 bridgehead atoms. The van der Waals surface area contributed by atoms with Gasteiger partial charge in [0, 0.05) is 5.57 Å². The smallest absolute Gasteiger partial charge is 0.259 e. The van der Waals surface area contributed by atoms with Crippen molar-refractivity contribution in [3.8, 4) is 0 Å². The minimum atomic E-state index is 0.148. The molecule has 1 amide bonds. The van der Waals surface area contributed by atoms with Gasteiger partial charge in [0.25, 0.3) is 0 Å². The van der Waals surface area contributed by atoms with Crippen LogP contribution >= 0.6 is 0 Å². The first-order valence-electron chi connectivity index (χ1n) is 4.03. The molecule has 0 saturated carbocycles. The number of carbonyl (C=O) groups is 1. The van der Waals surface area contributed by atoms with E-state index in [4.69, 9.17) is 0 Å². The fourth-order valence-corrected chi connectivity index (χ4v) is 0.972. The average molecular weight is 156 g/mol. The number of rotatable bonds is 3. The Kier molecular flexibility index (Phi) is 3.46. The molecule has 0 saturated heterocycles. The lowest BCUT2D eigenvalue weighted by molar-refractivity contribution is -0.828. The van der Waals surface area contributed by atoms with Gasteiger partial charge in [0.15, 0.2) is 0 Å². The van der Waals surface area contributed by atoms with Crippen LogP contribution in [0, 0.1) is 0 Å². The summed E-state index contributed by atoms with van der Waals surface area (Å²) in [6, 6.07) is 0. The number of carbonyl (C=O) groups excluding carboxylic acids is 1. The molecule has 0 atom stereocenters. The van der Waals surface area contributed by atoms with Gasteiger partial charge in [0.1, 0.15) is 0 Å². The van der Waals surface area contributed by atoms with E-state index in [0.717, 1.165) is 13.1 Å². The lowest BCUT2D eigenvalue weighted by Crippen LogP contribution is -2.49. The first-order chi connectivity index (χ1) is 4.98. The maximum atomic E-state index is 11.5. The first kappa shape index (κ1) is 10.4. The van der Waals surface area contributed by atoms with Crippen molar-refractivity contribution in [1.29, 1.82) is 0 Å². The molecular weight excluding hydrogens is 138 g/mol. The lowest BCUT2D eigenvalue weighted by Gasteiger charge is -2.28. The van der Waals surface area contributed by atoms with E-state index < -0.39 is 0 Å². The number of amides is 1. The van der Waals surface area contributed by atoms with Crippen molar-refractivity contribution >= 4 is 5.91 Å². The number of hydrogen-bond acceptors (Lipinski definition) is 1. The molecule has 2 nitrogen and oxygen atoms in total. The molecule has 64 valence electrons. The normalized spacial score (nSPS) is 11.3. The number of quaternary nitrogens is 1. The highest BCUT2D eigenvalue weighted by Gasteiger charge is 2.27. The average Bonchev–Trinajstić information content (AvgIpc) is 2.01. The molecule has 0 aromatic heterocycles. The van der Waals surface area contributed by atoms with Crippen molar-refractivity contribution in [3.05, 3.63) is 12.2 Å². The van der Waals surface area contributed by atoms with Crippen LogP contribution in [0.3, 0.4) is 0 Å². The molecule has 0 aliphatic heterocycles. The molecule has 0 N–H and O–H groups in total. The van der Waals surface area contributed by atoms with Crippen LogP contribution in [0.25, 0.3) is 0 Å². The van der Waals surface area contributed by atoms with Gasteiger partial charge >= 0.3 is 5.91 Å². The SMILES string of the molecule is C=C(C)C(=O)[N+](C)(CC)CC. The molecule has 0 aliphatic carbocycles. The fraction of sp³-hybridized carbons (Fsp3) is 0.667. The zero-order valence-corrected chi connectivity index (χ0v) is 7.98. The summed E-state index contributed by atoms with van der Waals surface area (Å²) in [5.41, 5.74) is 0.649. The maximum Gasteiger partial charge on any atom is 0.340 e. The van der Waals surface area contributed by atoms with Crippen LogP contribution < -0.4 is 0 Å². The number of hydrogen-bond donors (Lipinski definition) is 0. The van der Waals surface area contributed by atoms with E-state index in [1.165, 1.54) is 0 Å². The molecule has 0 heterocycles. The number of likely N-dealkylation sites (N-methyl/N-ethyl adjacent to an activating group) is 1. The van der Waals surface area contributed by atoms with Gasteiger partial charge in [-0.3, -0.25) is 4.48 Å². The predicted octanol–water partition coefficient (Wildman–Crippen LogP) is 1.58. The maximum absolute atomic E-state index is 11.5. The molecule has 0 unspecified atom stereocenters. The van der Waals surface area contributed by atoms with Crippen molar-refractivity contribution in [2.75, 3.05) is 20.1 Å². The van der Waals surface area contributed by atoms with Gasteiger partial charge in [-0.2, -0.15) is 0 Å². The monoisotopic (exact) mass is 156 g/mol. The van der Waals surface area contributed by atoms with E-state index in [0.29, 0.717) is 10.1 Å². The van der Waals surface area contributed by atoms with Gasteiger partial charge < -0.3 is 0 Å². The van der Waals surface area contributed by atoms with Crippen molar-refractivity contribution < 1.29 is 9.28 Å². The highest BCUT2D eigenvalue weighted by Crippen LogP contribution is 2.07. The third kappa shape index (κ3) is 2.15. The highest BCUT2D eigenvalue weighted by molar-refractivity contribution is 5.86. The molecular formula is C9H18NO+.